The molecule has 6 nitrogen and oxygen atoms in total. The van der Waals surface area contributed by atoms with Gasteiger partial charge in [0.2, 0.25) is 5.91 Å². The van der Waals surface area contributed by atoms with E-state index in [0.717, 1.165) is 15.8 Å². The molecular formula is C22H15N3O3S. The molecule has 3 aromatic carbocycles. The second-order valence-corrected chi connectivity index (χ2v) is 7.24. The number of para-hydroxylation sites is 1. The fourth-order valence-electron chi connectivity index (χ4n) is 2.83. The van der Waals surface area contributed by atoms with E-state index in [1.54, 1.807) is 6.08 Å². The Morgan fingerprint density at radius 2 is 1.79 bits per heavy atom. The van der Waals surface area contributed by atoms with Gasteiger partial charge in [-0.25, -0.2) is 4.98 Å². The second kappa shape index (κ2) is 8.04. The smallest absolute Gasteiger partial charge is 0.270 e. The minimum Gasteiger partial charge on any atom is -0.322 e. The number of carbonyl (C=O) groups excluding carboxylic acids is 1. The molecular weight excluding hydrogens is 386 g/mol. The van der Waals surface area contributed by atoms with Gasteiger partial charge in [0.05, 0.1) is 20.8 Å². The van der Waals surface area contributed by atoms with Gasteiger partial charge in [0.1, 0.15) is 5.01 Å². The first kappa shape index (κ1) is 18.5. The molecule has 7 heteroatoms. The van der Waals surface area contributed by atoms with Crippen LogP contribution in [-0.2, 0) is 4.79 Å². The van der Waals surface area contributed by atoms with E-state index in [2.05, 4.69) is 10.3 Å². The highest BCUT2D eigenvalue weighted by molar-refractivity contribution is 7.21. The van der Waals surface area contributed by atoms with E-state index in [0.29, 0.717) is 16.3 Å². The van der Waals surface area contributed by atoms with Crippen LogP contribution in [0.3, 0.4) is 0 Å². The zero-order chi connectivity index (χ0) is 20.2. The number of non-ortho nitro benzene ring substituents is 1. The zero-order valence-corrected chi connectivity index (χ0v) is 15.9. The van der Waals surface area contributed by atoms with Crippen LogP contribution >= 0.6 is 11.3 Å². The summed E-state index contributed by atoms with van der Waals surface area (Å²) in [5, 5.41) is 14.7. The van der Waals surface area contributed by atoms with E-state index in [1.807, 2.05) is 54.6 Å². The van der Waals surface area contributed by atoms with Crippen LogP contribution < -0.4 is 5.32 Å². The third-order valence-corrected chi connectivity index (χ3v) is 5.29. The number of fused-ring (bicyclic) bond motifs is 1. The van der Waals surface area contributed by atoms with Crippen LogP contribution in [0.5, 0.6) is 0 Å². The molecule has 0 bridgehead atoms. The summed E-state index contributed by atoms with van der Waals surface area (Å²) >= 11 is 1.42. The van der Waals surface area contributed by atoms with Crippen LogP contribution in [-0.4, -0.2) is 15.8 Å². The number of anilines is 1. The number of hydrogen-bond donors (Lipinski definition) is 1. The molecule has 0 unspecified atom stereocenters. The maximum absolute atomic E-state index is 12.4. The molecule has 1 heterocycles. The summed E-state index contributed by atoms with van der Waals surface area (Å²) in [6.45, 7) is 0. The fraction of sp³-hybridized carbons (Fsp3) is 0. The van der Waals surface area contributed by atoms with Crippen molar-refractivity contribution in [2.75, 3.05) is 5.32 Å². The van der Waals surface area contributed by atoms with E-state index in [-0.39, 0.29) is 11.6 Å². The summed E-state index contributed by atoms with van der Waals surface area (Å²) in [5.41, 5.74) is 2.63. The number of rotatable bonds is 5. The molecule has 0 aliphatic rings. The normalized spacial score (nSPS) is 11.0. The molecule has 0 saturated heterocycles. The Hall–Kier alpha value is -3.84. The van der Waals surface area contributed by atoms with Gasteiger partial charge < -0.3 is 5.32 Å². The molecule has 0 fully saturated rings. The summed E-state index contributed by atoms with van der Waals surface area (Å²) in [6.07, 6.45) is 3.14. The number of amides is 1. The van der Waals surface area contributed by atoms with Crippen LogP contribution in [0.2, 0.25) is 0 Å². The van der Waals surface area contributed by atoms with Gasteiger partial charge in [-0.2, -0.15) is 0 Å². The van der Waals surface area contributed by atoms with Crippen LogP contribution in [0.4, 0.5) is 11.4 Å². The van der Waals surface area contributed by atoms with Gasteiger partial charge in [-0.3, -0.25) is 14.9 Å². The number of thiazole rings is 1. The van der Waals surface area contributed by atoms with Crippen LogP contribution in [0.1, 0.15) is 5.56 Å². The maximum Gasteiger partial charge on any atom is 0.270 e. The highest BCUT2D eigenvalue weighted by Gasteiger charge is 2.16. The maximum atomic E-state index is 12.4. The lowest BCUT2D eigenvalue weighted by Gasteiger charge is -2.08. The van der Waals surface area contributed by atoms with E-state index in [4.69, 9.17) is 0 Å². The number of hydrogen-bond acceptors (Lipinski definition) is 5. The summed E-state index contributed by atoms with van der Waals surface area (Å²) in [6, 6.07) is 21.4. The van der Waals surface area contributed by atoms with Crippen molar-refractivity contribution in [1.82, 2.24) is 4.98 Å². The second-order valence-electron chi connectivity index (χ2n) is 6.21. The molecule has 4 rings (SSSR count). The highest BCUT2D eigenvalue weighted by atomic mass is 32.1. The van der Waals surface area contributed by atoms with Crippen molar-refractivity contribution < 1.29 is 9.72 Å². The number of benzene rings is 3. The Morgan fingerprint density at radius 3 is 2.55 bits per heavy atom. The first-order valence-electron chi connectivity index (χ1n) is 8.79. The molecule has 1 N–H and O–H groups in total. The average Bonchev–Trinajstić information content (AvgIpc) is 3.17. The lowest BCUT2D eigenvalue weighted by atomic mass is 10.1. The van der Waals surface area contributed by atoms with Gasteiger partial charge in [0.15, 0.2) is 0 Å². The SMILES string of the molecule is O=C(C=Cc1ccccc1)Nc1ccc([N+](=O)[O-])cc1-c1nc2ccccc2s1. The van der Waals surface area contributed by atoms with Crippen LogP contribution in [0.25, 0.3) is 26.9 Å². The minimum absolute atomic E-state index is 0.0583. The highest BCUT2D eigenvalue weighted by Crippen LogP contribution is 2.36. The monoisotopic (exact) mass is 401 g/mol. The molecule has 4 aromatic rings. The van der Waals surface area contributed by atoms with Gasteiger partial charge in [-0.15, -0.1) is 11.3 Å². The summed E-state index contributed by atoms with van der Waals surface area (Å²) in [4.78, 5) is 27.8. The molecule has 0 aliphatic heterocycles. The van der Waals surface area contributed by atoms with E-state index >= 15 is 0 Å². The van der Waals surface area contributed by atoms with Crippen molar-refractivity contribution in [3.63, 3.8) is 0 Å². The Morgan fingerprint density at radius 1 is 1.03 bits per heavy atom. The molecule has 1 aromatic heterocycles. The molecule has 0 aliphatic carbocycles. The summed E-state index contributed by atoms with van der Waals surface area (Å²) in [5.74, 6) is -0.329. The third-order valence-electron chi connectivity index (χ3n) is 4.22. The largest absolute Gasteiger partial charge is 0.322 e. The average molecular weight is 401 g/mol. The van der Waals surface area contributed by atoms with Crippen molar-refractivity contribution in [1.29, 1.82) is 0 Å². The number of nitro benzene ring substituents is 1. The topological polar surface area (TPSA) is 85.1 Å². The molecule has 142 valence electrons. The van der Waals surface area contributed by atoms with E-state index in [1.165, 1.54) is 35.6 Å². The van der Waals surface area contributed by atoms with E-state index in [9.17, 15) is 14.9 Å². The predicted molar refractivity (Wildman–Crippen MR) is 116 cm³/mol. The number of nitro groups is 1. The standard InChI is InChI=1S/C22H15N3O3S/c26-21(13-10-15-6-2-1-3-7-15)23-18-12-11-16(25(27)28)14-17(18)22-24-19-8-4-5-9-20(19)29-22/h1-14H,(H,23,26). The molecule has 0 atom stereocenters. The summed E-state index contributed by atoms with van der Waals surface area (Å²) in [7, 11) is 0. The van der Waals surface area contributed by atoms with Crippen molar-refractivity contribution in [3.8, 4) is 10.6 Å². The third kappa shape index (κ3) is 4.20. The van der Waals surface area contributed by atoms with E-state index < -0.39 is 4.92 Å². The number of carbonyl (C=O) groups is 1. The van der Waals surface area contributed by atoms with Crippen molar-refractivity contribution in [2.45, 2.75) is 0 Å². The number of aromatic nitrogens is 1. The quantitative estimate of drug-likeness (QED) is 0.271. The Balaban J connectivity index is 1.68. The van der Waals surface area contributed by atoms with Crippen molar-refractivity contribution in [2.24, 2.45) is 0 Å². The Bertz CT molecular complexity index is 1200. The number of nitrogens with one attached hydrogen (secondary N) is 1. The van der Waals surface area contributed by atoms with Crippen molar-refractivity contribution >= 4 is 44.9 Å². The molecule has 1 amide bonds. The Kier molecular flexibility index (Phi) is 5.13. The van der Waals surface area contributed by atoms with Gasteiger partial charge in [0, 0.05) is 23.8 Å². The minimum atomic E-state index is -0.461. The lowest BCUT2D eigenvalue weighted by molar-refractivity contribution is -0.384. The van der Waals surface area contributed by atoms with Gasteiger partial charge in [-0.05, 0) is 29.8 Å². The first-order valence-corrected chi connectivity index (χ1v) is 9.60. The van der Waals surface area contributed by atoms with Gasteiger partial charge >= 0.3 is 0 Å². The molecule has 0 saturated carbocycles. The van der Waals surface area contributed by atoms with Crippen LogP contribution in [0.15, 0.2) is 78.9 Å². The first-order chi connectivity index (χ1) is 14.1. The molecule has 0 radical (unpaired) electrons. The Labute approximate surface area is 170 Å². The van der Waals surface area contributed by atoms with Crippen LogP contribution in [0, 0.1) is 10.1 Å². The molecule has 0 spiro atoms. The zero-order valence-electron chi connectivity index (χ0n) is 15.1. The number of nitrogens with zero attached hydrogens (tertiary/aromatic N) is 2. The summed E-state index contributed by atoms with van der Waals surface area (Å²) < 4.78 is 0.968. The fourth-order valence-corrected chi connectivity index (χ4v) is 3.83. The van der Waals surface area contributed by atoms with Gasteiger partial charge in [0.25, 0.3) is 5.69 Å². The van der Waals surface area contributed by atoms with Gasteiger partial charge in [-0.1, -0.05) is 42.5 Å². The molecule has 29 heavy (non-hydrogen) atoms. The van der Waals surface area contributed by atoms with Crippen molar-refractivity contribution in [3.05, 3.63) is 94.6 Å². The predicted octanol–water partition coefficient (Wildman–Crippen LogP) is 5.52. The lowest BCUT2D eigenvalue weighted by Crippen LogP contribution is -2.09.